The molecule has 0 aromatic carbocycles. The van der Waals surface area contributed by atoms with E-state index in [1.165, 1.54) is 0 Å². The van der Waals surface area contributed by atoms with E-state index in [9.17, 15) is 8.42 Å². The predicted octanol–water partition coefficient (Wildman–Crippen LogP) is 2.16. The number of halogens is 1. The van der Waals surface area contributed by atoms with Crippen molar-refractivity contribution in [3.05, 3.63) is 22.7 Å². The lowest BCUT2D eigenvalue weighted by molar-refractivity contribution is 0.601. The molecule has 2 rings (SSSR count). The number of rotatable bonds is 2. The van der Waals surface area contributed by atoms with Crippen molar-refractivity contribution < 1.29 is 8.42 Å². The Labute approximate surface area is 106 Å². The van der Waals surface area contributed by atoms with Gasteiger partial charge in [-0.2, -0.15) is 0 Å². The fraction of sp³-hybridized carbons (Fsp3) is 0.636. The molecule has 0 spiro atoms. The zero-order valence-electron chi connectivity index (χ0n) is 9.85. The Bertz CT molecular complexity index is 528. The van der Waals surface area contributed by atoms with Crippen LogP contribution in [-0.2, 0) is 9.84 Å². The van der Waals surface area contributed by atoms with Gasteiger partial charge in [0.1, 0.15) is 11.0 Å². The lowest BCUT2D eigenvalue weighted by atomic mass is 10.1. The SMILES string of the molecule is CC(C)c1cc(Cl)nc(C2CCS(=O)(=O)C2)n1. The fourth-order valence-electron chi connectivity index (χ4n) is 1.93. The van der Waals surface area contributed by atoms with Crippen LogP contribution in [0.3, 0.4) is 0 Å². The van der Waals surface area contributed by atoms with Crippen LogP contribution in [0.4, 0.5) is 0 Å². The molecule has 1 aliphatic rings. The smallest absolute Gasteiger partial charge is 0.151 e. The molecule has 0 aliphatic carbocycles. The molecular weight excluding hydrogens is 260 g/mol. The van der Waals surface area contributed by atoms with Crippen LogP contribution in [0.25, 0.3) is 0 Å². The molecule has 4 nitrogen and oxygen atoms in total. The van der Waals surface area contributed by atoms with E-state index in [-0.39, 0.29) is 23.3 Å². The largest absolute Gasteiger partial charge is 0.237 e. The van der Waals surface area contributed by atoms with Gasteiger partial charge in [0.2, 0.25) is 0 Å². The van der Waals surface area contributed by atoms with Gasteiger partial charge < -0.3 is 0 Å². The van der Waals surface area contributed by atoms with Crippen LogP contribution in [0.1, 0.15) is 43.6 Å². The summed E-state index contributed by atoms with van der Waals surface area (Å²) in [4.78, 5) is 8.57. The highest BCUT2D eigenvalue weighted by Gasteiger charge is 2.31. The van der Waals surface area contributed by atoms with E-state index >= 15 is 0 Å². The summed E-state index contributed by atoms with van der Waals surface area (Å²) in [5, 5.41) is 0.392. The van der Waals surface area contributed by atoms with Gasteiger partial charge in [0.05, 0.1) is 11.5 Å². The molecule has 1 aliphatic heterocycles. The van der Waals surface area contributed by atoms with Crippen LogP contribution < -0.4 is 0 Å². The highest BCUT2D eigenvalue weighted by molar-refractivity contribution is 7.91. The number of sulfone groups is 1. The summed E-state index contributed by atoms with van der Waals surface area (Å²) in [5.74, 6) is 1.10. The van der Waals surface area contributed by atoms with Crippen LogP contribution in [0.15, 0.2) is 6.07 Å². The minimum Gasteiger partial charge on any atom is -0.237 e. The van der Waals surface area contributed by atoms with Crippen LogP contribution in [0.2, 0.25) is 5.15 Å². The molecule has 17 heavy (non-hydrogen) atoms. The molecule has 6 heteroatoms. The van der Waals surface area contributed by atoms with Crippen molar-refractivity contribution >= 4 is 21.4 Å². The topological polar surface area (TPSA) is 59.9 Å². The van der Waals surface area contributed by atoms with Gasteiger partial charge in [-0.25, -0.2) is 18.4 Å². The molecule has 1 aromatic heterocycles. The number of hydrogen-bond donors (Lipinski definition) is 0. The van der Waals surface area contributed by atoms with Crippen LogP contribution in [-0.4, -0.2) is 29.9 Å². The van der Waals surface area contributed by atoms with E-state index < -0.39 is 9.84 Å². The first-order chi connectivity index (χ1) is 7.87. The second-order valence-electron chi connectivity index (χ2n) is 4.73. The monoisotopic (exact) mass is 274 g/mol. The first-order valence-corrected chi connectivity index (χ1v) is 7.82. The Hall–Kier alpha value is -0.680. The van der Waals surface area contributed by atoms with Crippen LogP contribution in [0.5, 0.6) is 0 Å². The van der Waals surface area contributed by atoms with Crippen molar-refractivity contribution in [1.82, 2.24) is 9.97 Å². The molecule has 94 valence electrons. The van der Waals surface area contributed by atoms with Crippen molar-refractivity contribution in [1.29, 1.82) is 0 Å². The van der Waals surface area contributed by atoms with Crippen molar-refractivity contribution in [2.75, 3.05) is 11.5 Å². The Kier molecular flexibility index (Phi) is 3.41. The van der Waals surface area contributed by atoms with E-state index in [4.69, 9.17) is 11.6 Å². The average molecular weight is 275 g/mol. The molecule has 0 bridgehead atoms. The Balaban J connectivity index is 2.33. The summed E-state index contributed by atoms with van der Waals surface area (Å²) in [7, 11) is -2.91. The minimum atomic E-state index is -2.91. The first kappa shape index (κ1) is 12.8. The summed E-state index contributed by atoms with van der Waals surface area (Å²) in [6.45, 7) is 4.04. The molecule has 1 aromatic rings. The first-order valence-electron chi connectivity index (χ1n) is 5.62. The quantitative estimate of drug-likeness (QED) is 0.776. The molecule has 0 saturated carbocycles. The molecule has 1 fully saturated rings. The summed E-state index contributed by atoms with van der Waals surface area (Å²) in [6.07, 6.45) is 0.597. The normalized spacial score (nSPS) is 23.2. The molecule has 1 atom stereocenters. The van der Waals surface area contributed by atoms with Gasteiger partial charge in [-0.1, -0.05) is 25.4 Å². The molecule has 2 heterocycles. The van der Waals surface area contributed by atoms with Gasteiger partial charge in [0, 0.05) is 11.6 Å². The van der Waals surface area contributed by atoms with Crippen LogP contribution >= 0.6 is 11.6 Å². The zero-order valence-corrected chi connectivity index (χ0v) is 11.4. The van der Waals surface area contributed by atoms with Gasteiger partial charge in [-0.3, -0.25) is 0 Å². The second-order valence-corrected chi connectivity index (χ2v) is 7.34. The molecular formula is C11H15ClN2O2S. The summed E-state index contributed by atoms with van der Waals surface area (Å²) < 4.78 is 22.9. The third kappa shape index (κ3) is 2.96. The van der Waals surface area contributed by atoms with E-state index in [1.807, 2.05) is 13.8 Å². The lowest BCUT2D eigenvalue weighted by Crippen LogP contribution is -2.09. The average Bonchev–Trinajstić information content (AvgIpc) is 2.58. The van der Waals surface area contributed by atoms with Gasteiger partial charge in [-0.05, 0) is 18.4 Å². The molecule has 1 unspecified atom stereocenters. The van der Waals surface area contributed by atoms with E-state index in [0.29, 0.717) is 17.4 Å². The van der Waals surface area contributed by atoms with Gasteiger partial charge >= 0.3 is 0 Å². The summed E-state index contributed by atoms with van der Waals surface area (Å²) in [5.41, 5.74) is 0.865. The van der Waals surface area contributed by atoms with Crippen molar-refractivity contribution in [2.45, 2.75) is 32.1 Å². The maximum atomic E-state index is 11.4. The van der Waals surface area contributed by atoms with Gasteiger partial charge in [-0.15, -0.1) is 0 Å². The third-order valence-corrected chi connectivity index (χ3v) is 4.88. The number of aromatic nitrogens is 2. The van der Waals surface area contributed by atoms with Crippen molar-refractivity contribution in [3.63, 3.8) is 0 Å². The van der Waals surface area contributed by atoms with Crippen LogP contribution in [0, 0.1) is 0 Å². The molecule has 0 N–H and O–H groups in total. The number of nitrogens with zero attached hydrogens (tertiary/aromatic N) is 2. The zero-order chi connectivity index (χ0) is 12.6. The Morgan fingerprint density at radius 1 is 1.41 bits per heavy atom. The fourth-order valence-corrected chi connectivity index (χ4v) is 3.87. The van der Waals surface area contributed by atoms with E-state index in [1.54, 1.807) is 6.07 Å². The van der Waals surface area contributed by atoms with Crippen molar-refractivity contribution in [2.24, 2.45) is 0 Å². The Morgan fingerprint density at radius 2 is 2.12 bits per heavy atom. The standard InChI is InChI=1S/C11H15ClN2O2S/c1-7(2)9-5-10(12)14-11(13-9)8-3-4-17(15,16)6-8/h5,7-8H,3-4,6H2,1-2H3. The summed E-state index contributed by atoms with van der Waals surface area (Å²) in [6, 6.07) is 1.74. The highest BCUT2D eigenvalue weighted by Crippen LogP contribution is 2.28. The van der Waals surface area contributed by atoms with E-state index in [2.05, 4.69) is 9.97 Å². The van der Waals surface area contributed by atoms with Gasteiger partial charge in [0.15, 0.2) is 9.84 Å². The summed E-state index contributed by atoms with van der Waals surface area (Å²) >= 11 is 5.94. The Morgan fingerprint density at radius 3 is 2.65 bits per heavy atom. The number of hydrogen-bond acceptors (Lipinski definition) is 4. The van der Waals surface area contributed by atoms with E-state index in [0.717, 1.165) is 5.69 Å². The second kappa shape index (κ2) is 4.53. The maximum absolute atomic E-state index is 11.4. The molecule has 0 radical (unpaired) electrons. The highest BCUT2D eigenvalue weighted by atomic mass is 35.5. The maximum Gasteiger partial charge on any atom is 0.151 e. The van der Waals surface area contributed by atoms with Crippen molar-refractivity contribution in [3.8, 4) is 0 Å². The van der Waals surface area contributed by atoms with Gasteiger partial charge in [0.25, 0.3) is 0 Å². The minimum absolute atomic E-state index is 0.101. The lowest BCUT2D eigenvalue weighted by Gasteiger charge is -2.10. The predicted molar refractivity (Wildman–Crippen MR) is 67.1 cm³/mol. The molecule has 1 saturated heterocycles. The third-order valence-electron chi connectivity index (χ3n) is 2.92. The molecule has 0 amide bonds.